The Balaban J connectivity index is 2.40. The van der Waals surface area contributed by atoms with E-state index >= 15 is 0 Å². The van der Waals surface area contributed by atoms with Gasteiger partial charge in [0.1, 0.15) is 17.5 Å². The highest BCUT2D eigenvalue weighted by molar-refractivity contribution is 5.94. The van der Waals surface area contributed by atoms with E-state index in [0.717, 1.165) is 6.07 Å². The Kier molecular flexibility index (Phi) is 3.25. The van der Waals surface area contributed by atoms with Gasteiger partial charge in [0.2, 0.25) is 0 Å². The molecule has 3 rings (SSSR count). The molecule has 0 amide bonds. The van der Waals surface area contributed by atoms with Crippen LogP contribution in [0.15, 0.2) is 36.5 Å². The van der Waals surface area contributed by atoms with Gasteiger partial charge in [0.05, 0.1) is 11.2 Å². The third-order valence-electron chi connectivity index (χ3n) is 3.39. The van der Waals surface area contributed by atoms with Crippen molar-refractivity contribution in [2.45, 2.75) is 13.3 Å². The quantitative estimate of drug-likeness (QED) is 0.780. The highest BCUT2D eigenvalue weighted by Gasteiger charge is 2.17. The molecule has 0 aliphatic heterocycles. The summed E-state index contributed by atoms with van der Waals surface area (Å²) in [5.41, 5.74) is 7.47. The van der Waals surface area contributed by atoms with Gasteiger partial charge in [-0.05, 0) is 30.7 Å². The number of aryl methyl sites for hydroxylation is 1. The largest absolute Gasteiger partial charge is 0.384 e. The normalized spacial score (nSPS) is 11.0. The summed E-state index contributed by atoms with van der Waals surface area (Å²) >= 11 is 0. The molecule has 21 heavy (non-hydrogen) atoms. The van der Waals surface area contributed by atoms with Gasteiger partial charge >= 0.3 is 0 Å². The number of aromatic nitrogens is 2. The van der Waals surface area contributed by atoms with Crippen molar-refractivity contribution in [1.82, 2.24) is 9.97 Å². The van der Waals surface area contributed by atoms with Crippen molar-refractivity contribution in [2.24, 2.45) is 0 Å². The molecule has 0 spiro atoms. The number of nitrogen functional groups attached to an aromatic ring is 1. The van der Waals surface area contributed by atoms with Crippen LogP contribution in [0.1, 0.15) is 12.6 Å². The maximum atomic E-state index is 14.3. The SMILES string of the molecule is CCc1nc(N)ccc1-c1c(F)cc(F)c2cccnc12. The average Bonchev–Trinajstić information content (AvgIpc) is 2.48. The first kappa shape index (κ1) is 13.4. The molecule has 0 fully saturated rings. The van der Waals surface area contributed by atoms with Crippen LogP contribution >= 0.6 is 0 Å². The van der Waals surface area contributed by atoms with Crippen molar-refractivity contribution in [3.63, 3.8) is 0 Å². The number of nitrogens with two attached hydrogens (primary N) is 1. The van der Waals surface area contributed by atoms with Crippen molar-refractivity contribution in [3.05, 3.63) is 53.9 Å². The number of halogens is 2. The Morgan fingerprint density at radius 2 is 1.95 bits per heavy atom. The zero-order valence-corrected chi connectivity index (χ0v) is 11.4. The summed E-state index contributed by atoms with van der Waals surface area (Å²) in [5.74, 6) is -0.906. The average molecular weight is 285 g/mol. The van der Waals surface area contributed by atoms with Gasteiger partial charge in [-0.15, -0.1) is 0 Å². The van der Waals surface area contributed by atoms with Gasteiger partial charge in [-0.3, -0.25) is 4.98 Å². The van der Waals surface area contributed by atoms with Gasteiger partial charge in [0, 0.05) is 28.8 Å². The Hall–Kier alpha value is -2.56. The molecule has 0 atom stereocenters. The first-order chi connectivity index (χ1) is 10.1. The maximum Gasteiger partial charge on any atom is 0.136 e. The summed E-state index contributed by atoms with van der Waals surface area (Å²) in [4.78, 5) is 8.37. The topological polar surface area (TPSA) is 51.8 Å². The number of nitrogens with zero attached hydrogens (tertiary/aromatic N) is 2. The number of pyridine rings is 2. The van der Waals surface area contributed by atoms with Crippen molar-refractivity contribution in [1.29, 1.82) is 0 Å². The van der Waals surface area contributed by atoms with Crippen molar-refractivity contribution in [3.8, 4) is 11.1 Å². The molecule has 3 aromatic rings. The standard InChI is InChI=1S/C16H13F2N3/c1-2-13-10(5-6-14(19)21-13)15-12(18)8-11(17)9-4-3-7-20-16(9)15/h3-8H,2H2,1H3,(H2,19,21). The number of fused-ring (bicyclic) bond motifs is 1. The monoisotopic (exact) mass is 285 g/mol. The molecular formula is C16H13F2N3. The maximum absolute atomic E-state index is 14.3. The zero-order chi connectivity index (χ0) is 15.0. The summed E-state index contributed by atoms with van der Waals surface area (Å²) in [5, 5.41) is 0.285. The van der Waals surface area contributed by atoms with Gasteiger partial charge in [-0.1, -0.05) is 6.92 Å². The smallest absolute Gasteiger partial charge is 0.136 e. The number of benzene rings is 1. The van der Waals surface area contributed by atoms with Crippen LogP contribution in [0.5, 0.6) is 0 Å². The Morgan fingerprint density at radius 3 is 2.71 bits per heavy atom. The first-order valence-corrected chi connectivity index (χ1v) is 6.60. The highest BCUT2D eigenvalue weighted by atomic mass is 19.1. The summed E-state index contributed by atoms with van der Waals surface area (Å²) in [6, 6.07) is 7.39. The second-order valence-corrected chi connectivity index (χ2v) is 4.70. The van der Waals surface area contributed by atoms with Crippen molar-refractivity contribution < 1.29 is 8.78 Å². The number of rotatable bonds is 2. The lowest BCUT2D eigenvalue weighted by atomic mass is 9.98. The van der Waals surface area contributed by atoms with Crippen molar-refractivity contribution in [2.75, 3.05) is 5.73 Å². The van der Waals surface area contributed by atoms with Gasteiger partial charge in [-0.2, -0.15) is 0 Å². The lowest BCUT2D eigenvalue weighted by Crippen LogP contribution is -2.00. The van der Waals surface area contributed by atoms with Crippen LogP contribution in [0, 0.1) is 11.6 Å². The molecule has 0 radical (unpaired) electrons. The summed E-state index contributed by atoms with van der Waals surface area (Å²) in [7, 11) is 0. The van der Waals surface area contributed by atoms with E-state index < -0.39 is 11.6 Å². The molecule has 2 heterocycles. The second kappa shape index (κ2) is 5.09. The van der Waals surface area contributed by atoms with Crippen LogP contribution in [0.3, 0.4) is 0 Å². The minimum absolute atomic E-state index is 0.261. The fraction of sp³-hybridized carbons (Fsp3) is 0.125. The van der Waals surface area contributed by atoms with Crippen LogP contribution < -0.4 is 5.73 Å². The van der Waals surface area contributed by atoms with Crippen molar-refractivity contribution >= 4 is 16.7 Å². The molecule has 0 aliphatic carbocycles. The molecule has 0 saturated heterocycles. The number of hydrogen-bond donors (Lipinski definition) is 1. The number of hydrogen-bond acceptors (Lipinski definition) is 3. The predicted octanol–water partition coefficient (Wildman–Crippen LogP) is 3.72. The molecule has 0 saturated carbocycles. The number of anilines is 1. The van der Waals surface area contributed by atoms with Crippen LogP contribution in [-0.4, -0.2) is 9.97 Å². The summed E-state index contributed by atoms with van der Waals surface area (Å²) in [6.45, 7) is 1.91. The van der Waals surface area contributed by atoms with E-state index in [1.807, 2.05) is 6.92 Å². The van der Waals surface area contributed by atoms with Gasteiger partial charge < -0.3 is 5.73 Å². The zero-order valence-electron chi connectivity index (χ0n) is 11.4. The third kappa shape index (κ3) is 2.20. The minimum atomic E-state index is -0.653. The molecule has 0 unspecified atom stereocenters. The molecule has 2 aromatic heterocycles. The van der Waals surface area contributed by atoms with Gasteiger partial charge in [0.25, 0.3) is 0 Å². The lowest BCUT2D eigenvalue weighted by Gasteiger charge is -2.12. The Labute approximate surface area is 120 Å². The fourth-order valence-corrected chi connectivity index (χ4v) is 2.44. The summed E-state index contributed by atoms with van der Waals surface area (Å²) in [6.07, 6.45) is 2.10. The fourth-order valence-electron chi connectivity index (χ4n) is 2.44. The van der Waals surface area contributed by atoms with E-state index in [1.54, 1.807) is 24.3 Å². The Bertz CT molecular complexity index is 831. The minimum Gasteiger partial charge on any atom is -0.384 e. The van der Waals surface area contributed by atoms with E-state index in [-0.39, 0.29) is 16.5 Å². The van der Waals surface area contributed by atoms with Crippen LogP contribution in [0.25, 0.3) is 22.0 Å². The van der Waals surface area contributed by atoms with Crippen LogP contribution in [0.2, 0.25) is 0 Å². The molecular weight excluding hydrogens is 272 g/mol. The molecule has 1 aromatic carbocycles. The predicted molar refractivity (Wildman–Crippen MR) is 78.7 cm³/mol. The molecule has 5 heteroatoms. The first-order valence-electron chi connectivity index (χ1n) is 6.60. The molecule has 0 aliphatic rings. The van der Waals surface area contributed by atoms with E-state index in [2.05, 4.69) is 9.97 Å². The molecule has 0 bridgehead atoms. The third-order valence-corrected chi connectivity index (χ3v) is 3.39. The highest BCUT2D eigenvalue weighted by Crippen LogP contribution is 2.33. The molecule has 3 nitrogen and oxygen atoms in total. The molecule has 2 N–H and O–H groups in total. The van der Waals surface area contributed by atoms with Crippen LogP contribution in [-0.2, 0) is 6.42 Å². The van der Waals surface area contributed by atoms with Gasteiger partial charge in [0.15, 0.2) is 0 Å². The van der Waals surface area contributed by atoms with Crippen LogP contribution in [0.4, 0.5) is 14.6 Å². The van der Waals surface area contributed by atoms with E-state index in [4.69, 9.17) is 5.73 Å². The van der Waals surface area contributed by atoms with E-state index in [0.29, 0.717) is 23.5 Å². The molecule has 106 valence electrons. The van der Waals surface area contributed by atoms with E-state index in [9.17, 15) is 8.78 Å². The van der Waals surface area contributed by atoms with Gasteiger partial charge in [-0.25, -0.2) is 13.8 Å². The van der Waals surface area contributed by atoms with E-state index in [1.165, 1.54) is 6.20 Å². The second-order valence-electron chi connectivity index (χ2n) is 4.70. The lowest BCUT2D eigenvalue weighted by molar-refractivity contribution is 0.593. The Morgan fingerprint density at radius 1 is 1.14 bits per heavy atom. The summed E-state index contributed by atoms with van der Waals surface area (Å²) < 4.78 is 28.2.